The molecule has 3 heterocycles. The highest BCUT2D eigenvalue weighted by Gasteiger charge is 2.52. The second kappa shape index (κ2) is 9.08. The number of rotatable bonds is 6. The number of nitrogens with zero attached hydrogens (tertiary/aromatic N) is 3. The quantitative estimate of drug-likeness (QED) is 0.662. The van der Waals surface area contributed by atoms with Crippen LogP contribution in [0.5, 0.6) is 0 Å². The van der Waals surface area contributed by atoms with Crippen molar-refractivity contribution in [1.82, 2.24) is 20.2 Å². The zero-order valence-corrected chi connectivity index (χ0v) is 19.4. The number of carbonyl (C=O) groups excluding carboxylic acids is 1. The molecule has 0 saturated carbocycles. The summed E-state index contributed by atoms with van der Waals surface area (Å²) in [7, 11) is 0. The van der Waals surface area contributed by atoms with E-state index in [4.69, 9.17) is 0 Å². The minimum absolute atomic E-state index is 0.00504. The lowest BCUT2D eigenvalue weighted by Gasteiger charge is -2.53. The van der Waals surface area contributed by atoms with Gasteiger partial charge in [-0.1, -0.05) is 27.2 Å². The number of carbonyl (C=O) groups is 1. The number of amides is 1. The molecule has 2 saturated heterocycles. The van der Waals surface area contributed by atoms with Crippen molar-refractivity contribution in [1.29, 1.82) is 0 Å². The van der Waals surface area contributed by atoms with Crippen LogP contribution in [0.1, 0.15) is 52.0 Å². The highest BCUT2D eigenvalue weighted by molar-refractivity contribution is 5.93. The molecule has 2 aliphatic heterocycles. The third-order valence-corrected chi connectivity index (χ3v) is 7.42. The molecule has 1 aromatic carbocycles. The van der Waals surface area contributed by atoms with Gasteiger partial charge in [0.1, 0.15) is 18.2 Å². The molecule has 4 rings (SSSR count). The third kappa shape index (κ3) is 4.27. The van der Waals surface area contributed by atoms with Gasteiger partial charge in [-0.25, -0.2) is 9.97 Å². The van der Waals surface area contributed by atoms with Crippen LogP contribution >= 0.6 is 0 Å². The van der Waals surface area contributed by atoms with Crippen molar-refractivity contribution in [3.8, 4) is 0 Å². The molecule has 6 nitrogen and oxygen atoms in total. The molecule has 1 aromatic heterocycles. The fraction of sp³-hybridized carbons (Fsp3) is 0.625. The molecule has 0 bridgehead atoms. The van der Waals surface area contributed by atoms with Crippen LogP contribution in [0.25, 0.3) is 10.9 Å². The van der Waals surface area contributed by atoms with Crippen molar-refractivity contribution in [3.63, 3.8) is 0 Å². The number of nitrogens with one attached hydrogen (secondary N) is 2. The molecule has 33 heavy (non-hydrogen) atoms. The number of likely N-dealkylation sites (tertiary alicyclic amines) is 1. The molecular formula is C24H32F3N5O. The van der Waals surface area contributed by atoms with E-state index in [2.05, 4.69) is 46.3 Å². The predicted octanol–water partition coefficient (Wildman–Crippen LogP) is 4.47. The number of benzene rings is 1. The Morgan fingerprint density at radius 1 is 1.30 bits per heavy atom. The van der Waals surface area contributed by atoms with Gasteiger partial charge in [0, 0.05) is 18.5 Å². The summed E-state index contributed by atoms with van der Waals surface area (Å²) in [5.74, 6) is 0.937. The molecule has 2 aromatic rings. The number of piperidine rings is 1. The van der Waals surface area contributed by atoms with Gasteiger partial charge in [0.05, 0.1) is 16.6 Å². The van der Waals surface area contributed by atoms with Crippen molar-refractivity contribution in [2.24, 2.45) is 11.8 Å². The summed E-state index contributed by atoms with van der Waals surface area (Å²) in [4.78, 5) is 24.0. The monoisotopic (exact) mass is 463 g/mol. The maximum atomic E-state index is 13.7. The Bertz CT molecular complexity index is 1010. The highest BCUT2D eigenvalue weighted by atomic mass is 19.4. The van der Waals surface area contributed by atoms with Crippen LogP contribution in [-0.2, 0) is 11.0 Å². The van der Waals surface area contributed by atoms with Crippen LogP contribution in [0.2, 0.25) is 0 Å². The van der Waals surface area contributed by atoms with Crippen molar-refractivity contribution < 1.29 is 18.0 Å². The van der Waals surface area contributed by atoms with E-state index >= 15 is 0 Å². The van der Waals surface area contributed by atoms with E-state index in [1.165, 1.54) is 12.4 Å². The Labute approximate surface area is 192 Å². The zero-order valence-electron chi connectivity index (χ0n) is 19.4. The van der Waals surface area contributed by atoms with E-state index in [1.54, 1.807) is 0 Å². The SMILES string of the molecule is CCC[C@@H]1CNCC[C@@]1(C(C)C)N1CC[C@H](Nc2ncnc3ccc(C(F)(F)F)cc23)C1=O. The number of aromatic nitrogens is 2. The van der Waals surface area contributed by atoms with Crippen LogP contribution < -0.4 is 10.6 Å². The van der Waals surface area contributed by atoms with Gasteiger partial charge in [0.2, 0.25) is 5.91 Å². The lowest BCUT2D eigenvalue weighted by Crippen LogP contribution is -2.64. The summed E-state index contributed by atoms with van der Waals surface area (Å²) < 4.78 is 39.8. The van der Waals surface area contributed by atoms with E-state index in [0.29, 0.717) is 30.3 Å². The molecule has 0 radical (unpaired) electrons. The first-order chi connectivity index (χ1) is 15.7. The van der Waals surface area contributed by atoms with Gasteiger partial charge < -0.3 is 15.5 Å². The highest BCUT2D eigenvalue weighted by Crippen LogP contribution is 2.43. The number of anilines is 1. The lowest BCUT2D eigenvalue weighted by molar-refractivity contribution is -0.141. The van der Waals surface area contributed by atoms with Crippen LogP contribution in [0, 0.1) is 11.8 Å². The van der Waals surface area contributed by atoms with Gasteiger partial charge in [-0.3, -0.25) is 4.79 Å². The molecule has 1 amide bonds. The number of fused-ring (bicyclic) bond motifs is 1. The van der Waals surface area contributed by atoms with Gasteiger partial charge in [-0.05, 0) is 55.8 Å². The number of halogens is 3. The fourth-order valence-electron chi connectivity index (χ4n) is 5.81. The molecule has 0 spiro atoms. The molecule has 180 valence electrons. The molecule has 0 unspecified atom stereocenters. The fourth-order valence-corrected chi connectivity index (χ4v) is 5.81. The molecule has 9 heteroatoms. The Morgan fingerprint density at radius 2 is 2.09 bits per heavy atom. The average molecular weight is 464 g/mol. The smallest absolute Gasteiger partial charge is 0.358 e. The lowest BCUT2D eigenvalue weighted by atomic mass is 9.68. The molecule has 0 aliphatic carbocycles. The Kier molecular flexibility index (Phi) is 6.53. The number of alkyl halides is 3. The first-order valence-corrected chi connectivity index (χ1v) is 11.8. The second-order valence-electron chi connectivity index (χ2n) is 9.51. The normalized spacial score (nSPS) is 26.4. The van der Waals surface area contributed by atoms with Crippen LogP contribution in [0.3, 0.4) is 0 Å². The third-order valence-electron chi connectivity index (χ3n) is 7.42. The summed E-state index contributed by atoms with van der Waals surface area (Å²) in [5.41, 5.74) is -0.572. The summed E-state index contributed by atoms with van der Waals surface area (Å²) in [5, 5.41) is 6.92. The maximum Gasteiger partial charge on any atom is 0.416 e. The number of hydrogen-bond acceptors (Lipinski definition) is 5. The van der Waals surface area contributed by atoms with Crippen LogP contribution in [-0.4, -0.2) is 52.0 Å². The van der Waals surface area contributed by atoms with Crippen molar-refractivity contribution in [2.75, 3.05) is 25.0 Å². The summed E-state index contributed by atoms with van der Waals surface area (Å²) >= 11 is 0. The van der Waals surface area contributed by atoms with Gasteiger partial charge in [0.25, 0.3) is 0 Å². The Balaban J connectivity index is 1.63. The molecule has 2 fully saturated rings. The number of hydrogen-bond donors (Lipinski definition) is 2. The van der Waals surface area contributed by atoms with Crippen LogP contribution in [0.4, 0.5) is 19.0 Å². The summed E-state index contributed by atoms with van der Waals surface area (Å²) in [6, 6.07) is 2.88. The van der Waals surface area contributed by atoms with Gasteiger partial charge in [-0.15, -0.1) is 0 Å². The van der Waals surface area contributed by atoms with Gasteiger partial charge in [0.15, 0.2) is 0 Å². The van der Waals surface area contributed by atoms with Crippen LogP contribution in [0.15, 0.2) is 24.5 Å². The average Bonchev–Trinajstić information content (AvgIpc) is 3.14. The standard InChI is InChI=1S/C24H32F3N5O/c1-4-5-17-13-28-10-9-23(17,15(2)3)32-11-8-20(22(32)33)31-21-18-12-16(24(25,26)27)6-7-19(18)29-14-30-21/h6-7,12,14-15,17,20,28H,4-5,8-11,13H2,1-3H3,(H,29,30,31)/t17-,20+,23+/m1/s1. The minimum atomic E-state index is -4.46. The topological polar surface area (TPSA) is 70.2 Å². The first kappa shape index (κ1) is 23.7. The predicted molar refractivity (Wildman–Crippen MR) is 122 cm³/mol. The van der Waals surface area contributed by atoms with E-state index in [9.17, 15) is 18.0 Å². The van der Waals surface area contributed by atoms with Crippen molar-refractivity contribution in [2.45, 2.75) is 64.2 Å². The molecule has 2 aliphatic rings. The summed E-state index contributed by atoms with van der Waals surface area (Å²) in [6.45, 7) is 8.95. The summed E-state index contributed by atoms with van der Waals surface area (Å²) in [6.07, 6.45) is 0.440. The van der Waals surface area contributed by atoms with E-state index in [1.807, 2.05) is 0 Å². The molecule has 2 N–H and O–H groups in total. The van der Waals surface area contributed by atoms with Crippen molar-refractivity contribution in [3.05, 3.63) is 30.1 Å². The first-order valence-electron chi connectivity index (χ1n) is 11.8. The van der Waals surface area contributed by atoms with Gasteiger partial charge >= 0.3 is 6.18 Å². The zero-order chi connectivity index (χ0) is 23.8. The van der Waals surface area contributed by atoms with E-state index < -0.39 is 17.8 Å². The minimum Gasteiger partial charge on any atom is -0.358 e. The Hall–Kier alpha value is -2.42. The van der Waals surface area contributed by atoms with Crippen molar-refractivity contribution >= 4 is 22.6 Å². The van der Waals surface area contributed by atoms with E-state index in [-0.39, 0.29) is 22.7 Å². The second-order valence-corrected chi connectivity index (χ2v) is 9.51. The maximum absolute atomic E-state index is 13.7. The molecular weight excluding hydrogens is 431 g/mol. The van der Waals surface area contributed by atoms with Gasteiger partial charge in [-0.2, -0.15) is 13.2 Å². The van der Waals surface area contributed by atoms with E-state index in [0.717, 1.165) is 44.5 Å². The Morgan fingerprint density at radius 3 is 2.79 bits per heavy atom. The largest absolute Gasteiger partial charge is 0.416 e. The molecule has 3 atom stereocenters.